The Bertz CT molecular complexity index is 396. The molecule has 1 aromatic carbocycles. The maximum atomic E-state index is 11.0. The largest absolute Gasteiger partial charge is 0.453 e. The van der Waals surface area contributed by atoms with Gasteiger partial charge in [0.2, 0.25) is 0 Å². The molecule has 16 heavy (non-hydrogen) atoms. The van der Waals surface area contributed by atoms with Crippen LogP contribution in [0.3, 0.4) is 0 Å². The van der Waals surface area contributed by atoms with E-state index in [1.165, 1.54) is 12.5 Å². The van der Waals surface area contributed by atoms with Crippen molar-refractivity contribution < 1.29 is 9.53 Å². The molecule has 1 aromatic rings. The van der Waals surface area contributed by atoms with Gasteiger partial charge in [-0.15, -0.1) is 0 Å². The summed E-state index contributed by atoms with van der Waals surface area (Å²) in [5.41, 5.74) is 4.51. The standard InChI is InChI=1S/C14H18O2/c1-6-13(16-12(5)15)14-10(3)7-9(2)8-11(14)4/h6-8,13H,1H2,2-5H3. The Kier molecular flexibility index (Phi) is 3.88. The molecular formula is C14H18O2. The number of esters is 1. The summed E-state index contributed by atoms with van der Waals surface area (Å²) in [6.45, 7) is 11.2. The average Bonchev–Trinajstić information content (AvgIpc) is 2.13. The Balaban J connectivity index is 3.19. The highest BCUT2D eigenvalue weighted by Gasteiger charge is 2.15. The molecule has 0 saturated carbocycles. The molecule has 0 amide bonds. The third-order valence-corrected chi connectivity index (χ3v) is 2.53. The van der Waals surface area contributed by atoms with Crippen molar-refractivity contribution in [3.05, 3.63) is 47.0 Å². The molecule has 0 heterocycles. The zero-order chi connectivity index (χ0) is 12.3. The average molecular weight is 218 g/mol. The van der Waals surface area contributed by atoms with E-state index in [1.807, 2.05) is 13.8 Å². The van der Waals surface area contributed by atoms with Gasteiger partial charge in [0, 0.05) is 12.5 Å². The molecule has 0 saturated heterocycles. The smallest absolute Gasteiger partial charge is 0.303 e. The number of aryl methyl sites for hydroxylation is 3. The van der Waals surface area contributed by atoms with Crippen LogP contribution in [0.4, 0.5) is 0 Å². The number of ether oxygens (including phenoxy) is 1. The Morgan fingerprint density at radius 1 is 1.31 bits per heavy atom. The fourth-order valence-corrected chi connectivity index (χ4v) is 2.04. The normalized spacial score (nSPS) is 12.0. The molecule has 0 aliphatic heterocycles. The second-order valence-electron chi connectivity index (χ2n) is 4.08. The summed E-state index contributed by atoms with van der Waals surface area (Å²) in [5.74, 6) is -0.288. The van der Waals surface area contributed by atoms with E-state index < -0.39 is 0 Å². The van der Waals surface area contributed by atoms with Crippen molar-refractivity contribution >= 4 is 5.97 Å². The predicted octanol–water partition coefficient (Wildman–Crippen LogP) is 3.40. The van der Waals surface area contributed by atoms with Crippen LogP contribution < -0.4 is 0 Å². The number of carbonyl (C=O) groups is 1. The third-order valence-electron chi connectivity index (χ3n) is 2.53. The molecular weight excluding hydrogens is 200 g/mol. The van der Waals surface area contributed by atoms with Gasteiger partial charge in [0.25, 0.3) is 0 Å². The van der Waals surface area contributed by atoms with Gasteiger partial charge in [-0.25, -0.2) is 0 Å². The van der Waals surface area contributed by atoms with Gasteiger partial charge in [0.1, 0.15) is 6.10 Å². The van der Waals surface area contributed by atoms with Crippen LogP contribution in [0, 0.1) is 20.8 Å². The van der Waals surface area contributed by atoms with Gasteiger partial charge in [-0.2, -0.15) is 0 Å². The van der Waals surface area contributed by atoms with Crippen molar-refractivity contribution in [2.24, 2.45) is 0 Å². The lowest BCUT2D eigenvalue weighted by molar-refractivity contribution is -0.144. The van der Waals surface area contributed by atoms with Gasteiger partial charge in [-0.1, -0.05) is 24.3 Å². The van der Waals surface area contributed by atoms with Crippen molar-refractivity contribution in [2.75, 3.05) is 0 Å². The van der Waals surface area contributed by atoms with E-state index in [1.54, 1.807) is 6.08 Å². The molecule has 0 aromatic heterocycles. The molecule has 1 rings (SSSR count). The second-order valence-corrected chi connectivity index (χ2v) is 4.08. The number of hydrogen-bond acceptors (Lipinski definition) is 2. The van der Waals surface area contributed by atoms with Crippen molar-refractivity contribution in [1.29, 1.82) is 0 Å². The highest BCUT2D eigenvalue weighted by atomic mass is 16.5. The van der Waals surface area contributed by atoms with Gasteiger partial charge in [-0.3, -0.25) is 4.79 Å². The van der Waals surface area contributed by atoms with Crippen LogP contribution in [0.25, 0.3) is 0 Å². The van der Waals surface area contributed by atoms with Crippen molar-refractivity contribution in [1.82, 2.24) is 0 Å². The van der Waals surface area contributed by atoms with Crippen LogP contribution in [0.1, 0.15) is 35.3 Å². The Hall–Kier alpha value is -1.57. The quantitative estimate of drug-likeness (QED) is 0.574. The highest BCUT2D eigenvalue weighted by Crippen LogP contribution is 2.27. The van der Waals surface area contributed by atoms with E-state index in [0.29, 0.717) is 0 Å². The lowest BCUT2D eigenvalue weighted by Gasteiger charge is -2.18. The molecule has 0 spiro atoms. The first-order chi connectivity index (χ1) is 7.45. The molecule has 2 heteroatoms. The van der Waals surface area contributed by atoms with Crippen molar-refractivity contribution in [3.63, 3.8) is 0 Å². The van der Waals surface area contributed by atoms with Gasteiger partial charge >= 0.3 is 5.97 Å². The number of benzene rings is 1. The summed E-state index contributed by atoms with van der Waals surface area (Å²) >= 11 is 0. The zero-order valence-electron chi connectivity index (χ0n) is 10.3. The molecule has 0 radical (unpaired) electrons. The van der Waals surface area contributed by atoms with Crippen molar-refractivity contribution in [2.45, 2.75) is 33.8 Å². The molecule has 0 N–H and O–H groups in total. The van der Waals surface area contributed by atoms with Crippen LogP contribution in [0.5, 0.6) is 0 Å². The first-order valence-electron chi connectivity index (χ1n) is 5.33. The minimum absolute atomic E-state index is 0.288. The number of hydrogen-bond donors (Lipinski definition) is 0. The number of rotatable bonds is 3. The van der Waals surface area contributed by atoms with Crippen LogP contribution in [0.15, 0.2) is 24.8 Å². The zero-order valence-corrected chi connectivity index (χ0v) is 10.3. The van der Waals surface area contributed by atoms with Crippen LogP contribution >= 0.6 is 0 Å². The summed E-state index contributed by atoms with van der Waals surface area (Å²) in [6.07, 6.45) is 1.31. The second kappa shape index (κ2) is 4.97. The van der Waals surface area contributed by atoms with E-state index in [9.17, 15) is 4.79 Å². The predicted molar refractivity (Wildman–Crippen MR) is 65.4 cm³/mol. The van der Waals surface area contributed by atoms with Gasteiger partial charge in [-0.05, 0) is 38.0 Å². The molecule has 86 valence electrons. The monoisotopic (exact) mass is 218 g/mol. The minimum atomic E-state index is -0.349. The maximum absolute atomic E-state index is 11.0. The van der Waals surface area contributed by atoms with E-state index in [-0.39, 0.29) is 12.1 Å². The van der Waals surface area contributed by atoms with Crippen molar-refractivity contribution in [3.8, 4) is 0 Å². The van der Waals surface area contributed by atoms with E-state index in [0.717, 1.165) is 16.7 Å². The topological polar surface area (TPSA) is 26.3 Å². The Morgan fingerprint density at radius 3 is 2.19 bits per heavy atom. The van der Waals surface area contributed by atoms with Gasteiger partial charge in [0.05, 0.1) is 0 Å². The van der Waals surface area contributed by atoms with Gasteiger partial charge < -0.3 is 4.74 Å². The molecule has 0 bridgehead atoms. The summed E-state index contributed by atoms with van der Waals surface area (Å²) in [6, 6.07) is 4.17. The lowest BCUT2D eigenvalue weighted by atomic mass is 9.95. The summed E-state index contributed by atoms with van der Waals surface area (Å²) in [5, 5.41) is 0. The Morgan fingerprint density at radius 2 is 1.81 bits per heavy atom. The molecule has 0 aliphatic carbocycles. The molecule has 0 aliphatic rings. The molecule has 2 nitrogen and oxygen atoms in total. The fourth-order valence-electron chi connectivity index (χ4n) is 2.04. The fraction of sp³-hybridized carbons (Fsp3) is 0.357. The summed E-state index contributed by atoms with van der Waals surface area (Å²) in [7, 11) is 0. The number of carbonyl (C=O) groups excluding carboxylic acids is 1. The van der Waals surface area contributed by atoms with Crippen LogP contribution in [-0.4, -0.2) is 5.97 Å². The van der Waals surface area contributed by atoms with Crippen LogP contribution in [-0.2, 0) is 9.53 Å². The summed E-state index contributed by atoms with van der Waals surface area (Å²) < 4.78 is 5.23. The van der Waals surface area contributed by atoms with Gasteiger partial charge in [0.15, 0.2) is 0 Å². The first kappa shape index (κ1) is 12.5. The minimum Gasteiger partial charge on any atom is -0.453 e. The SMILES string of the molecule is C=CC(OC(C)=O)c1c(C)cc(C)cc1C. The molecule has 0 fully saturated rings. The lowest BCUT2D eigenvalue weighted by Crippen LogP contribution is -2.09. The summed E-state index contributed by atoms with van der Waals surface area (Å²) in [4.78, 5) is 11.0. The van der Waals surface area contributed by atoms with E-state index in [2.05, 4.69) is 25.6 Å². The highest BCUT2D eigenvalue weighted by molar-refractivity contribution is 5.66. The maximum Gasteiger partial charge on any atom is 0.303 e. The van der Waals surface area contributed by atoms with Crippen LogP contribution in [0.2, 0.25) is 0 Å². The Labute approximate surface area is 96.9 Å². The molecule has 1 atom stereocenters. The third kappa shape index (κ3) is 2.72. The van der Waals surface area contributed by atoms with E-state index >= 15 is 0 Å². The van der Waals surface area contributed by atoms with E-state index in [4.69, 9.17) is 4.74 Å². The molecule has 1 unspecified atom stereocenters. The first-order valence-corrected chi connectivity index (χ1v) is 5.33.